The van der Waals surface area contributed by atoms with Crippen LogP contribution in [-0.4, -0.2) is 81.1 Å². The summed E-state index contributed by atoms with van der Waals surface area (Å²) < 4.78 is 0. The van der Waals surface area contributed by atoms with Crippen LogP contribution in [0.4, 0.5) is 0 Å². The Morgan fingerprint density at radius 3 is 2.18 bits per heavy atom. The number of phenols is 1. The van der Waals surface area contributed by atoms with Crippen molar-refractivity contribution in [2.24, 2.45) is 29.4 Å². The number of amides is 1. The molecule has 4 rings (SSSR count). The van der Waals surface area contributed by atoms with Gasteiger partial charge in [-0.3, -0.25) is 28.9 Å². The Bertz CT molecular complexity index is 1280. The minimum absolute atomic E-state index is 0.0550. The molecule has 206 valence electrons. The number of Topliss-reactive ketones (excluding diaryl/α,β-unsaturated/α-hetero) is 4. The lowest BCUT2D eigenvalue weighted by atomic mass is 9.49. The number of aliphatic hydroxyl groups is 2. The van der Waals surface area contributed by atoms with Crippen LogP contribution in [0, 0.1) is 23.7 Å². The Morgan fingerprint density at radius 1 is 1.13 bits per heavy atom. The van der Waals surface area contributed by atoms with Crippen LogP contribution in [0.25, 0.3) is 0 Å². The largest absolute Gasteiger partial charge is 0.507 e. The average Bonchev–Trinajstić information content (AvgIpc) is 2.80. The number of carbonyl (C=O) groups excluding carboxylic acids is 5. The van der Waals surface area contributed by atoms with Gasteiger partial charge in [0.25, 0.3) is 0 Å². The van der Waals surface area contributed by atoms with Crippen molar-refractivity contribution >= 4 is 29.0 Å². The van der Waals surface area contributed by atoms with Gasteiger partial charge in [0.15, 0.2) is 34.7 Å². The summed E-state index contributed by atoms with van der Waals surface area (Å²) in [6.07, 6.45) is -1.13. The van der Waals surface area contributed by atoms with Crippen molar-refractivity contribution in [2.45, 2.75) is 70.1 Å². The van der Waals surface area contributed by atoms with Crippen molar-refractivity contribution in [3.8, 4) is 5.75 Å². The molecule has 2 saturated carbocycles. The van der Waals surface area contributed by atoms with E-state index in [1.54, 1.807) is 6.92 Å². The highest BCUT2D eigenvalue weighted by Gasteiger charge is 2.73. The minimum Gasteiger partial charge on any atom is -0.507 e. The number of aromatic hydroxyl groups is 1. The lowest BCUT2D eigenvalue weighted by molar-refractivity contribution is -0.196. The van der Waals surface area contributed by atoms with Crippen molar-refractivity contribution in [3.05, 3.63) is 28.3 Å². The average molecular weight is 529 g/mol. The minimum atomic E-state index is -3.00. The summed E-state index contributed by atoms with van der Waals surface area (Å²) in [5.74, 6) is -13.0. The first kappa shape index (κ1) is 28.1. The van der Waals surface area contributed by atoms with Crippen LogP contribution in [0.15, 0.2) is 6.07 Å². The molecule has 0 bridgehead atoms. The van der Waals surface area contributed by atoms with E-state index < -0.39 is 81.8 Å². The van der Waals surface area contributed by atoms with E-state index >= 15 is 0 Å². The third-order valence-electron chi connectivity index (χ3n) is 8.86. The zero-order valence-corrected chi connectivity index (χ0v) is 22.7. The lowest BCUT2D eigenvalue weighted by Gasteiger charge is -2.56. The van der Waals surface area contributed by atoms with E-state index in [0.717, 1.165) is 5.56 Å². The van der Waals surface area contributed by atoms with Crippen LogP contribution >= 0.6 is 0 Å². The fraction of sp³-hybridized carbons (Fsp3) is 0.607. The number of benzene rings is 1. The predicted molar refractivity (Wildman–Crippen MR) is 136 cm³/mol. The normalized spacial score (nSPS) is 35.2. The summed E-state index contributed by atoms with van der Waals surface area (Å²) in [5, 5.41) is 34.8. The molecule has 8 atom stereocenters. The predicted octanol–water partition coefficient (Wildman–Crippen LogP) is 0.259. The molecule has 3 unspecified atom stereocenters. The number of aliphatic hydroxyl groups excluding tert-OH is 1. The second-order valence-corrected chi connectivity index (χ2v) is 12.2. The fourth-order valence-corrected chi connectivity index (χ4v) is 7.11. The Kier molecular flexibility index (Phi) is 6.49. The molecule has 1 aromatic carbocycles. The molecule has 0 aromatic heterocycles. The van der Waals surface area contributed by atoms with Gasteiger partial charge in [-0.05, 0) is 43.0 Å². The van der Waals surface area contributed by atoms with Crippen molar-refractivity contribution in [3.63, 3.8) is 0 Å². The molecule has 38 heavy (non-hydrogen) atoms. The molecular formula is C28H36N2O8. The molecule has 0 radical (unpaired) electrons. The number of nitrogens with two attached hydrogens (primary N) is 1. The summed E-state index contributed by atoms with van der Waals surface area (Å²) in [7, 11) is 2.93. The first-order valence-electron chi connectivity index (χ1n) is 12.9. The van der Waals surface area contributed by atoms with E-state index in [1.165, 1.54) is 19.0 Å². The molecule has 5 N–H and O–H groups in total. The van der Waals surface area contributed by atoms with Gasteiger partial charge in [-0.15, -0.1) is 0 Å². The molecule has 0 aliphatic heterocycles. The number of nitrogens with zero attached hydrogens (tertiary/aromatic N) is 1. The van der Waals surface area contributed by atoms with E-state index in [4.69, 9.17) is 5.73 Å². The maximum atomic E-state index is 14.1. The summed E-state index contributed by atoms with van der Waals surface area (Å²) in [6.45, 7) is 9.24. The first-order valence-corrected chi connectivity index (χ1v) is 12.9. The molecule has 1 aromatic rings. The molecular weight excluding hydrogens is 492 g/mol. The van der Waals surface area contributed by atoms with E-state index in [1.807, 2.05) is 33.8 Å². The third-order valence-corrected chi connectivity index (χ3v) is 8.86. The maximum Gasteiger partial charge on any atom is 0.235 e. The Morgan fingerprint density at radius 2 is 1.71 bits per heavy atom. The van der Waals surface area contributed by atoms with Gasteiger partial charge in [0.2, 0.25) is 5.91 Å². The molecule has 0 heterocycles. The number of likely N-dealkylation sites (N-methyl/N-ethyl adjacent to an activating group) is 1. The number of fused-ring (bicyclic) bond motifs is 3. The number of carbonyl (C=O) groups is 5. The number of ketones is 4. The first-order chi connectivity index (χ1) is 17.4. The third kappa shape index (κ3) is 3.46. The van der Waals surface area contributed by atoms with Crippen molar-refractivity contribution in [2.75, 3.05) is 14.1 Å². The van der Waals surface area contributed by atoms with E-state index in [9.17, 15) is 39.3 Å². The number of phenolic OH excluding ortho intramolecular Hbond substituents is 1. The molecule has 10 nitrogen and oxygen atoms in total. The van der Waals surface area contributed by atoms with Crippen LogP contribution in [0.3, 0.4) is 0 Å². The highest BCUT2D eigenvalue weighted by Crippen LogP contribution is 2.56. The summed E-state index contributed by atoms with van der Waals surface area (Å²) in [4.78, 5) is 68.3. The van der Waals surface area contributed by atoms with E-state index in [2.05, 4.69) is 0 Å². The molecule has 2 fully saturated rings. The smallest absolute Gasteiger partial charge is 0.235 e. The van der Waals surface area contributed by atoms with Crippen LogP contribution in [0.1, 0.15) is 67.6 Å². The lowest BCUT2D eigenvalue weighted by Crippen LogP contribution is -2.77. The van der Waals surface area contributed by atoms with Crippen molar-refractivity contribution in [1.29, 1.82) is 0 Å². The van der Waals surface area contributed by atoms with Gasteiger partial charge >= 0.3 is 0 Å². The van der Waals surface area contributed by atoms with Gasteiger partial charge in [0, 0.05) is 11.5 Å². The van der Waals surface area contributed by atoms with Gasteiger partial charge in [0.05, 0.1) is 29.5 Å². The number of aryl methyl sites for hydroxylation is 1. The van der Waals surface area contributed by atoms with Gasteiger partial charge in [-0.25, -0.2) is 0 Å². The van der Waals surface area contributed by atoms with Crippen molar-refractivity contribution in [1.82, 2.24) is 4.90 Å². The standard InChI is InChI=1S/C28H36N2O8/c1-8-11-9-12(27(3,4)5)20(31)15-13(11)10(2)14-16(21(15)32)24(35)28(38)18(22(14)33)19(30(6)7)23(34)17(25(28)36)26(29)37/h9-10,14,16-19,22,31,33,38H,8H2,1-7H3,(H2,29,37)/t10-,14+,16?,17?,18+,19?,22-,28-/m0/s1. The molecule has 3 aliphatic rings. The van der Waals surface area contributed by atoms with Crippen LogP contribution in [0.2, 0.25) is 0 Å². The van der Waals surface area contributed by atoms with Gasteiger partial charge in [-0.2, -0.15) is 0 Å². The Balaban J connectivity index is 2.01. The second-order valence-electron chi connectivity index (χ2n) is 12.2. The van der Waals surface area contributed by atoms with Crippen LogP contribution in [0.5, 0.6) is 5.75 Å². The monoisotopic (exact) mass is 528 g/mol. The highest BCUT2D eigenvalue weighted by molar-refractivity contribution is 6.32. The number of primary amides is 1. The number of rotatable bonds is 3. The van der Waals surface area contributed by atoms with Gasteiger partial charge < -0.3 is 21.1 Å². The quantitative estimate of drug-likeness (QED) is 0.401. The second kappa shape index (κ2) is 8.79. The SMILES string of the molecule is CCc1cc(C(C)(C)C)c(O)c2c1[C@H](C)[C@@H]1C(C2=O)C(=O)[C@]2(O)C(=O)C(C(N)=O)C(=O)C(N(C)C)[C@@H]2[C@H]1O. The van der Waals surface area contributed by atoms with E-state index in [0.29, 0.717) is 17.5 Å². The van der Waals surface area contributed by atoms with E-state index in [-0.39, 0.29) is 11.3 Å². The maximum absolute atomic E-state index is 14.1. The summed E-state index contributed by atoms with van der Waals surface area (Å²) >= 11 is 0. The zero-order chi connectivity index (χ0) is 28.8. The Labute approximate surface area is 221 Å². The molecule has 0 spiro atoms. The van der Waals surface area contributed by atoms with Crippen LogP contribution < -0.4 is 5.73 Å². The molecule has 1 amide bonds. The zero-order valence-electron chi connectivity index (χ0n) is 22.7. The highest BCUT2D eigenvalue weighted by atomic mass is 16.3. The van der Waals surface area contributed by atoms with Crippen LogP contribution in [-0.2, 0) is 31.0 Å². The van der Waals surface area contributed by atoms with Crippen molar-refractivity contribution < 1.29 is 39.3 Å². The summed E-state index contributed by atoms with van der Waals surface area (Å²) in [5.41, 5.74) is 3.53. The molecule has 10 heteroatoms. The number of hydrogen-bond acceptors (Lipinski definition) is 9. The van der Waals surface area contributed by atoms with Gasteiger partial charge in [0.1, 0.15) is 5.75 Å². The van der Waals surface area contributed by atoms with Gasteiger partial charge in [-0.1, -0.05) is 40.7 Å². The topological polar surface area (TPSA) is 175 Å². The molecule has 0 saturated heterocycles. The number of hydrogen-bond donors (Lipinski definition) is 4. The molecule has 3 aliphatic carbocycles. The fourth-order valence-electron chi connectivity index (χ4n) is 7.11. The summed E-state index contributed by atoms with van der Waals surface area (Å²) in [6, 6.07) is 0.445. The Hall–Kier alpha value is -2.95.